The molecule has 0 aliphatic carbocycles. The highest BCUT2D eigenvalue weighted by Crippen LogP contribution is 2.48. The zero-order valence-corrected chi connectivity index (χ0v) is 21.0. The van der Waals surface area contributed by atoms with Crippen molar-refractivity contribution < 1.29 is 37.5 Å². The smallest absolute Gasteiger partial charge is 0.330 e. The number of nitrogens with one attached hydrogen (secondary N) is 1. The maximum Gasteiger partial charge on any atom is 0.330 e. The molecule has 33 heavy (non-hydrogen) atoms. The lowest BCUT2D eigenvalue weighted by Crippen LogP contribution is -2.45. The second kappa shape index (κ2) is 14.1. The zero-order valence-electron chi connectivity index (χ0n) is 20.1. The third kappa shape index (κ3) is 12.6. The molecule has 0 radical (unpaired) electrons. The molecule has 0 aliphatic rings. The fourth-order valence-corrected chi connectivity index (χ4v) is 4.45. The number of hydrogen-bond donors (Lipinski definition) is 1. The topological polar surface area (TPSA) is 117 Å². The summed E-state index contributed by atoms with van der Waals surface area (Å²) in [6.07, 6.45) is -0.104. The van der Waals surface area contributed by atoms with Crippen LogP contribution in [0.3, 0.4) is 0 Å². The Kier molecular flexibility index (Phi) is 12.3. The Morgan fingerprint density at radius 1 is 1.03 bits per heavy atom. The van der Waals surface area contributed by atoms with Gasteiger partial charge < -0.3 is 23.8 Å². The summed E-state index contributed by atoms with van der Waals surface area (Å²) in [5.74, 6) is -1.87. The van der Waals surface area contributed by atoms with Crippen molar-refractivity contribution in [1.29, 1.82) is 0 Å². The number of benzene rings is 1. The fraction of sp³-hybridized carbons (Fsp3) is 0.609. The first-order valence-corrected chi connectivity index (χ1v) is 12.8. The Morgan fingerprint density at radius 2 is 1.64 bits per heavy atom. The van der Waals surface area contributed by atoms with Gasteiger partial charge in [-0.2, -0.15) is 0 Å². The lowest BCUT2D eigenvalue weighted by molar-refractivity contribution is -0.162. The third-order valence-corrected chi connectivity index (χ3v) is 6.29. The Hall–Kier alpha value is -2.22. The monoisotopic (exact) mass is 485 g/mol. The molecule has 0 spiro atoms. The molecule has 0 saturated carbocycles. The SMILES string of the molecule is CCOP(=O)(CCCC(=O)NC(CC(=O)OCc1ccccc1)C(=O)OC(C)(C)C)OCC. The third-order valence-electron chi connectivity index (χ3n) is 4.13. The van der Waals surface area contributed by atoms with E-state index in [0.717, 1.165) is 5.56 Å². The quantitative estimate of drug-likeness (QED) is 0.310. The van der Waals surface area contributed by atoms with E-state index in [-0.39, 0.29) is 45.2 Å². The molecule has 0 saturated heterocycles. The highest BCUT2D eigenvalue weighted by Gasteiger charge is 2.30. The fourth-order valence-electron chi connectivity index (χ4n) is 2.79. The van der Waals surface area contributed by atoms with E-state index in [1.54, 1.807) is 34.6 Å². The van der Waals surface area contributed by atoms with Gasteiger partial charge in [0.1, 0.15) is 18.2 Å². The van der Waals surface area contributed by atoms with Crippen LogP contribution in [-0.4, -0.2) is 48.9 Å². The second-order valence-corrected chi connectivity index (χ2v) is 10.5. The Morgan fingerprint density at radius 3 is 2.18 bits per heavy atom. The van der Waals surface area contributed by atoms with Gasteiger partial charge in [0.15, 0.2) is 0 Å². The molecule has 1 N–H and O–H groups in total. The summed E-state index contributed by atoms with van der Waals surface area (Å²) >= 11 is 0. The number of carbonyl (C=O) groups excluding carboxylic acids is 3. The molecular formula is C23H36NO8P. The molecule has 1 rings (SSSR count). The molecule has 0 aromatic heterocycles. The molecule has 1 aromatic rings. The van der Waals surface area contributed by atoms with E-state index in [2.05, 4.69) is 5.32 Å². The van der Waals surface area contributed by atoms with E-state index in [1.807, 2.05) is 30.3 Å². The Labute approximate surface area is 196 Å². The van der Waals surface area contributed by atoms with Crippen LogP contribution in [0.15, 0.2) is 30.3 Å². The minimum atomic E-state index is -3.26. The van der Waals surface area contributed by atoms with Crippen LogP contribution in [-0.2, 0) is 44.1 Å². The van der Waals surface area contributed by atoms with Gasteiger partial charge in [-0.25, -0.2) is 4.79 Å². The first-order valence-electron chi connectivity index (χ1n) is 11.1. The molecule has 1 unspecified atom stereocenters. The van der Waals surface area contributed by atoms with Gasteiger partial charge in [-0.05, 0) is 46.6 Å². The molecule has 9 nitrogen and oxygen atoms in total. The van der Waals surface area contributed by atoms with Crippen molar-refractivity contribution in [2.45, 2.75) is 72.1 Å². The highest BCUT2D eigenvalue weighted by atomic mass is 31.2. The minimum Gasteiger partial charge on any atom is -0.461 e. The van der Waals surface area contributed by atoms with Gasteiger partial charge in [0.25, 0.3) is 0 Å². The lowest BCUT2D eigenvalue weighted by Gasteiger charge is -2.24. The van der Waals surface area contributed by atoms with Gasteiger partial charge in [-0.3, -0.25) is 14.2 Å². The van der Waals surface area contributed by atoms with Crippen LogP contribution in [0.25, 0.3) is 0 Å². The van der Waals surface area contributed by atoms with E-state index < -0.39 is 37.1 Å². The first kappa shape index (κ1) is 28.8. The summed E-state index contributed by atoms with van der Waals surface area (Å²) in [5, 5.41) is 2.53. The number of ether oxygens (including phenoxy) is 2. The normalized spacial score (nSPS) is 12.6. The number of esters is 2. The van der Waals surface area contributed by atoms with Gasteiger partial charge in [0.2, 0.25) is 5.91 Å². The summed E-state index contributed by atoms with van der Waals surface area (Å²) in [6, 6.07) is 7.91. The van der Waals surface area contributed by atoms with Crippen LogP contribution < -0.4 is 5.32 Å². The average Bonchev–Trinajstić information content (AvgIpc) is 2.71. The molecule has 10 heteroatoms. The molecule has 0 aliphatic heterocycles. The van der Waals surface area contributed by atoms with Crippen LogP contribution in [0.2, 0.25) is 0 Å². The molecular weight excluding hydrogens is 449 g/mol. The van der Waals surface area contributed by atoms with Crippen molar-refractivity contribution >= 4 is 25.4 Å². The minimum absolute atomic E-state index is 0.0253. The van der Waals surface area contributed by atoms with Crippen molar-refractivity contribution in [2.24, 2.45) is 0 Å². The largest absolute Gasteiger partial charge is 0.461 e. The summed E-state index contributed by atoms with van der Waals surface area (Å²) in [7, 11) is -3.26. The number of hydrogen-bond acceptors (Lipinski definition) is 8. The van der Waals surface area contributed by atoms with Gasteiger partial charge in [-0.15, -0.1) is 0 Å². The van der Waals surface area contributed by atoms with Crippen LogP contribution in [0.4, 0.5) is 0 Å². The van der Waals surface area contributed by atoms with Gasteiger partial charge >= 0.3 is 19.5 Å². The van der Waals surface area contributed by atoms with E-state index in [4.69, 9.17) is 18.5 Å². The first-order chi connectivity index (χ1) is 15.5. The summed E-state index contributed by atoms with van der Waals surface area (Å²) < 4.78 is 33.5. The zero-order chi connectivity index (χ0) is 24.9. The van der Waals surface area contributed by atoms with Gasteiger partial charge in [-0.1, -0.05) is 30.3 Å². The van der Waals surface area contributed by atoms with Crippen molar-refractivity contribution in [3.63, 3.8) is 0 Å². The molecule has 1 atom stereocenters. The summed E-state index contributed by atoms with van der Waals surface area (Å²) in [6.45, 7) is 9.01. The number of rotatable bonds is 14. The van der Waals surface area contributed by atoms with E-state index in [9.17, 15) is 18.9 Å². The molecule has 0 fully saturated rings. The highest BCUT2D eigenvalue weighted by molar-refractivity contribution is 7.53. The van der Waals surface area contributed by atoms with Crippen LogP contribution >= 0.6 is 7.60 Å². The van der Waals surface area contributed by atoms with Crippen LogP contribution in [0.1, 0.15) is 59.4 Å². The predicted molar refractivity (Wildman–Crippen MR) is 124 cm³/mol. The molecule has 1 aromatic carbocycles. The Bertz CT molecular complexity index is 796. The Balaban J connectivity index is 2.69. The van der Waals surface area contributed by atoms with E-state index in [0.29, 0.717) is 0 Å². The molecule has 0 heterocycles. The van der Waals surface area contributed by atoms with Crippen molar-refractivity contribution in [3.05, 3.63) is 35.9 Å². The molecule has 0 bridgehead atoms. The van der Waals surface area contributed by atoms with Crippen LogP contribution in [0.5, 0.6) is 0 Å². The number of amides is 1. The standard InChI is InChI=1S/C23H36NO8P/c1-6-30-33(28,31-7-2)15-11-14-20(25)24-19(22(27)32-23(3,4)5)16-21(26)29-17-18-12-9-8-10-13-18/h8-10,12-13,19H,6-7,11,14-17H2,1-5H3,(H,24,25). The number of carbonyl (C=O) groups is 3. The summed E-state index contributed by atoms with van der Waals surface area (Å²) in [4.78, 5) is 37.3. The van der Waals surface area contributed by atoms with Gasteiger partial charge in [0.05, 0.1) is 25.8 Å². The molecule has 1 amide bonds. The summed E-state index contributed by atoms with van der Waals surface area (Å²) in [5.41, 5.74) is 0.00652. The van der Waals surface area contributed by atoms with Crippen LogP contribution in [0, 0.1) is 0 Å². The van der Waals surface area contributed by atoms with E-state index >= 15 is 0 Å². The maximum atomic E-state index is 12.6. The van der Waals surface area contributed by atoms with E-state index in [1.165, 1.54) is 0 Å². The second-order valence-electron chi connectivity index (χ2n) is 8.28. The van der Waals surface area contributed by atoms with Gasteiger partial charge in [0, 0.05) is 6.42 Å². The van der Waals surface area contributed by atoms with Crippen molar-refractivity contribution in [2.75, 3.05) is 19.4 Å². The average molecular weight is 486 g/mol. The molecule has 186 valence electrons. The predicted octanol–water partition coefficient (Wildman–Crippen LogP) is 3.99. The van der Waals surface area contributed by atoms with Crippen molar-refractivity contribution in [1.82, 2.24) is 5.32 Å². The van der Waals surface area contributed by atoms with Crippen molar-refractivity contribution in [3.8, 4) is 0 Å². The lowest BCUT2D eigenvalue weighted by atomic mass is 10.1. The maximum absolute atomic E-state index is 12.6.